The third-order valence-electron chi connectivity index (χ3n) is 4.84. The van der Waals surface area contributed by atoms with Crippen molar-refractivity contribution in [3.63, 3.8) is 0 Å². The highest BCUT2D eigenvalue weighted by molar-refractivity contribution is 5.95. The smallest absolute Gasteiger partial charge is 0.295 e. The standard InChI is InChI=1S/C20H17N5O4/c1-13(19-10-14-5-3-4-6-18(14)29-19)23(2)20(26)15-7-8-16(17(9-15)25(27)28)24-12-21-11-22-24/h3-13H,1-2H3. The molecule has 0 N–H and O–H groups in total. The van der Waals surface area contributed by atoms with Crippen LogP contribution < -0.4 is 0 Å². The fourth-order valence-electron chi connectivity index (χ4n) is 3.11. The minimum absolute atomic E-state index is 0.200. The molecule has 0 aliphatic carbocycles. The highest BCUT2D eigenvalue weighted by atomic mass is 16.6. The summed E-state index contributed by atoms with van der Waals surface area (Å²) >= 11 is 0. The first kappa shape index (κ1) is 18.4. The molecule has 4 rings (SSSR count). The third-order valence-corrected chi connectivity index (χ3v) is 4.84. The predicted molar refractivity (Wildman–Crippen MR) is 105 cm³/mol. The number of carbonyl (C=O) groups excluding carboxylic acids is 1. The molecule has 1 unspecified atom stereocenters. The van der Waals surface area contributed by atoms with E-state index in [0.717, 1.165) is 11.0 Å². The highest BCUT2D eigenvalue weighted by Crippen LogP contribution is 2.29. The van der Waals surface area contributed by atoms with Gasteiger partial charge in [0.05, 0.1) is 11.0 Å². The summed E-state index contributed by atoms with van der Waals surface area (Å²) in [5, 5.41) is 16.4. The molecule has 1 atom stereocenters. The van der Waals surface area contributed by atoms with Gasteiger partial charge in [0.1, 0.15) is 29.7 Å². The second-order valence-corrected chi connectivity index (χ2v) is 6.58. The van der Waals surface area contributed by atoms with Crippen LogP contribution in [0.15, 0.2) is 65.6 Å². The van der Waals surface area contributed by atoms with E-state index in [-0.39, 0.29) is 28.9 Å². The molecular formula is C20H17N5O4. The van der Waals surface area contributed by atoms with Crippen molar-refractivity contribution >= 4 is 22.6 Å². The summed E-state index contributed by atoms with van der Waals surface area (Å²) in [6.45, 7) is 1.84. The lowest BCUT2D eigenvalue weighted by Crippen LogP contribution is -2.29. The summed E-state index contributed by atoms with van der Waals surface area (Å²) in [5.41, 5.74) is 0.942. The molecule has 2 aromatic heterocycles. The first-order valence-corrected chi connectivity index (χ1v) is 8.85. The molecule has 0 bridgehead atoms. The average Bonchev–Trinajstić information content (AvgIpc) is 3.41. The van der Waals surface area contributed by atoms with Crippen molar-refractivity contribution < 1.29 is 14.1 Å². The topological polar surface area (TPSA) is 107 Å². The van der Waals surface area contributed by atoms with E-state index in [0.29, 0.717) is 5.76 Å². The van der Waals surface area contributed by atoms with Gasteiger partial charge in [0.25, 0.3) is 11.6 Å². The number of fused-ring (bicyclic) bond motifs is 1. The van der Waals surface area contributed by atoms with Gasteiger partial charge in [-0.15, -0.1) is 0 Å². The van der Waals surface area contributed by atoms with Gasteiger partial charge in [-0.1, -0.05) is 18.2 Å². The van der Waals surface area contributed by atoms with E-state index in [1.165, 1.54) is 40.4 Å². The molecule has 0 aliphatic heterocycles. The number of hydrogen-bond acceptors (Lipinski definition) is 6. The number of aromatic nitrogens is 3. The fraction of sp³-hybridized carbons (Fsp3) is 0.150. The molecule has 2 aromatic carbocycles. The Balaban J connectivity index is 1.64. The predicted octanol–water partition coefficient (Wildman–Crippen LogP) is 3.75. The zero-order valence-electron chi connectivity index (χ0n) is 15.7. The number of nitro groups is 1. The van der Waals surface area contributed by atoms with Crippen LogP contribution in [0.1, 0.15) is 29.1 Å². The SMILES string of the molecule is CC(c1cc2ccccc2o1)N(C)C(=O)c1ccc(-n2cncn2)c([N+](=O)[O-])c1. The summed E-state index contributed by atoms with van der Waals surface area (Å²) in [5.74, 6) is 0.280. The van der Waals surface area contributed by atoms with Crippen LogP contribution in [0.5, 0.6) is 0 Å². The molecule has 146 valence electrons. The summed E-state index contributed by atoms with van der Waals surface area (Å²) in [6, 6.07) is 13.4. The van der Waals surface area contributed by atoms with Crippen molar-refractivity contribution in [3.05, 3.63) is 82.6 Å². The maximum atomic E-state index is 13.0. The molecule has 4 aromatic rings. The number of benzene rings is 2. The van der Waals surface area contributed by atoms with Gasteiger partial charge in [0.15, 0.2) is 0 Å². The zero-order chi connectivity index (χ0) is 20.5. The van der Waals surface area contributed by atoms with E-state index in [1.807, 2.05) is 37.3 Å². The Bertz CT molecular complexity index is 1170. The van der Waals surface area contributed by atoms with Crippen LogP contribution in [0.4, 0.5) is 5.69 Å². The number of rotatable bonds is 5. The Labute approximate surface area is 165 Å². The van der Waals surface area contributed by atoms with E-state index in [9.17, 15) is 14.9 Å². The Hall–Kier alpha value is -4.01. The Morgan fingerprint density at radius 3 is 2.72 bits per heavy atom. The molecule has 2 heterocycles. The van der Waals surface area contributed by atoms with Crippen molar-refractivity contribution in [2.45, 2.75) is 13.0 Å². The van der Waals surface area contributed by atoms with Crippen LogP contribution in [0.2, 0.25) is 0 Å². The summed E-state index contributed by atoms with van der Waals surface area (Å²) in [4.78, 5) is 29.2. The average molecular weight is 391 g/mol. The van der Waals surface area contributed by atoms with Crippen LogP contribution in [0.3, 0.4) is 0 Å². The number of hydrogen-bond donors (Lipinski definition) is 0. The van der Waals surface area contributed by atoms with Gasteiger partial charge in [-0.3, -0.25) is 14.9 Å². The number of nitro benzene ring substituents is 1. The van der Waals surface area contributed by atoms with Crippen molar-refractivity contribution in [1.29, 1.82) is 0 Å². The van der Waals surface area contributed by atoms with Crippen LogP contribution in [0.25, 0.3) is 16.7 Å². The van der Waals surface area contributed by atoms with E-state index in [4.69, 9.17) is 4.42 Å². The molecule has 9 heteroatoms. The lowest BCUT2D eigenvalue weighted by Gasteiger charge is -2.23. The monoisotopic (exact) mass is 391 g/mol. The third kappa shape index (κ3) is 3.33. The second kappa shape index (κ2) is 7.19. The normalized spacial score (nSPS) is 12.1. The summed E-state index contributed by atoms with van der Waals surface area (Å²) in [7, 11) is 1.64. The van der Waals surface area contributed by atoms with Crippen molar-refractivity contribution in [3.8, 4) is 5.69 Å². The van der Waals surface area contributed by atoms with Crippen molar-refractivity contribution in [2.75, 3.05) is 7.05 Å². The molecule has 0 radical (unpaired) electrons. The van der Waals surface area contributed by atoms with Crippen molar-refractivity contribution in [1.82, 2.24) is 19.7 Å². The number of nitrogens with zero attached hydrogens (tertiary/aromatic N) is 5. The fourth-order valence-corrected chi connectivity index (χ4v) is 3.11. The lowest BCUT2D eigenvalue weighted by molar-refractivity contribution is -0.384. The van der Waals surface area contributed by atoms with Crippen molar-refractivity contribution in [2.24, 2.45) is 0 Å². The lowest BCUT2D eigenvalue weighted by atomic mass is 10.1. The van der Waals surface area contributed by atoms with Gasteiger partial charge >= 0.3 is 0 Å². The highest BCUT2D eigenvalue weighted by Gasteiger charge is 2.25. The first-order valence-electron chi connectivity index (χ1n) is 8.85. The molecule has 0 saturated heterocycles. The molecule has 29 heavy (non-hydrogen) atoms. The van der Waals surface area contributed by atoms with Crippen LogP contribution in [-0.4, -0.2) is 37.5 Å². The summed E-state index contributed by atoms with van der Waals surface area (Å²) < 4.78 is 7.13. The van der Waals surface area contributed by atoms with Crippen LogP contribution in [0, 0.1) is 10.1 Å². The molecular weight excluding hydrogens is 374 g/mol. The molecule has 0 saturated carbocycles. The molecule has 9 nitrogen and oxygen atoms in total. The number of carbonyl (C=O) groups is 1. The molecule has 0 fully saturated rings. The van der Waals surface area contributed by atoms with E-state index in [2.05, 4.69) is 10.1 Å². The number of amides is 1. The first-order chi connectivity index (χ1) is 14.0. The maximum Gasteiger partial charge on any atom is 0.295 e. The van der Waals surface area contributed by atoms with Gasteiger partial charge in [0, 0.05) is 24.1 Å². The second-order valence-electron chi connectivity index (χ2n) is 6.58. The van der Waals surface area contributed by atoms with Gasteiger partial charge in [0.2, 0.25) is 0 Å². The molecule has 0 aliphatic rings. The Morgan fingerprint density at radius 1 is 1.24 bits per heavy atom. The summed E-state index contributed by atoms with van der Waals surface area (Å²) in [6.07, 6.45) is 2.64. The van der Waals surface area contributed by atoms with Gasteiger partial charge < -0.3 is 9.32 Å². The largest absolute Gasteiger partial charge is 0.459 e. The van der Waals surface area contributed by atoms with Crippen LogP contribution in [-0.2, 0) is 0 Å². The van der Waals surface area contributed by atoms with Crippen LogP contribution >= 0.6 is 0 Å². The minimum atomic E-state index is -0.545. The van der Waals surface area contributed by atoms with E-state index in [1.54, 1.807) is 7.05 Å². The number of para-hydroxylation sites is 1. The Kier molecular flexibility index (Phi) is 4.55. The molecule has 1 amide bonds. The maximum absolute atomic E-state index is 13.0. The van der Waals surface area contributed by atoms with E-state index < -0.39 is 4.92 Å². The zero-order valence-corrected chi connectivity index (χ0v) is 15.7. The minimum Gasteiger partial charge on any atom is -0.459 e. The molecule has 0 spiro atoms. The van der Waals surface area contributed by atoms with Gasteiger partial charge in [-0.25, -0.2) is 9.67 Å². The van der Waals surface area contributed by atoms with Gasteiger partial charge in [-0.05, 0) is 31.2 Å². The quantitative estimate of drug-likeness (QED) is 0.379. The van der Waals surface area contributed by atoms with Gasteiger partial charge in [-0.2, -0.15) is 5.10 Å². The number of furan rings is 1. The van der Waals surface area contributed by atoms with E-state index >= 15 is 0 Å². The Morgan fingerprint density at radius 2 is 2.03 bits per heavy atom.